The second-order valence-electron chi connectivity index (χ2n) is 3.41. The third-order valence-corrected chi connectivity index (χ3v) is 2.25. The lowest BCUT2D eigenvalue weighted by Gasteiger charge is -2.04. The summed E-state index contributed by atoms with van der Waals surface area (Å²) in [5.41, 5.74) is 6.67. The molecule has 84 valence electrons. The highest BCUT2D eigenvalue weighted by Crippen LogP contribution is 2.10. The Morgan fingerprint density at radius 2 is 2.19 bits per heavy atom. The molecule has 0 amide bonds. The minimum atomic E-state index is -0.392. The fourth-order valence-electron chi connectivity index (χ4n) is 1.30. The summed E-state index contributed by atoms with van der Waals surface area (Å²) >= 11 is 0. The van der Waals surface area contributed by atoms with Gasteiger partial charge in [-0.25, -0.2) is 9.48 Å². The highest BCUT2D eigenvalue weighted by atomic mass is 16.1. The molecule has 7 nitrogen and oxygen atoms in total. The van der Waals surface area contributed by atoms with Gasteiger partial charge in [0.25, 0.3) is 0 Å². The van der Waals surface area contributed by atoms with Crippen LogP contribution in [-0.2, 0) is 13.5 Å². The Hall–Kier alpha value is -2.18. The molecule has 0 spiro atoms. The first-order chi connectivity index (χ1) is 7.61. The molecular weight excluding hydrogens is 208 g/mol. The Kier molecular flexibility index (Phi) is 2.43. The zero-order valence-corrected chi connectivity index (χ0v) is 9.08. The summed E-state index contributed by atoms with van der Waals surface area (Å²) < 4.78 is 2.86. The summed E-state index contributed by atoms with van der Waals surface area (Å²) in [6, 6.07) is 0. The molecule has 0 saturated heterocycles. The lowest BCUT2D eigenvalue weighted by Crippen LogP contribution is -2.22. The van der Waals surface area contributed by atoms with Crippen LogP contribution in [0.5, 0.6) is 0 Å². The van der Waals surface area contributed by atoms with Crippen molar-refractivity contribution in [2.45, 2.75) is 13.3 Å². The van der Waals surface area contributed by atoms with Crippen LogP contribution in [0.4, 0.5) is 5.82 Å². The SMILES string of the molecule is CCc1cn(-c2cn(C)c(=O)nc2N)nn1. The lowest BCUT2D eigenvalue weighted by atomic mass is 10.4. The number of hydrogen-bond acceptors (Lipinski definition) is 5. The summed E-state index contributed by atoms with van der Waals surface area (Å²) in [5, 5.41) is 7.87. The molecule has 0 aliphatic rings. The Morgan fingerprint density at radius 3 is 2.81 bits per heavy atom. The third kappa shape index (κ3) is 1.67. The lowest BCUT2D eigenvalue weighted by molar-refractivity contribution is 0.753. The molecule has 0 aliphatic heterocycles. The molecule has 2 heterocycles. The number of aryl methyl sites for hydroxylation is 2. The van der Waals surface area contributed by atoms with E-state index in [9.17, 15) is 4.79 Å². The van der Waals surface area contributed by atoms with Crippen molar-refractivity contribution in [2.24, 2.45) is 7.05 Å². The Morgan fingerprint density at radius 1 is 1.44 bits per heavy atom. The summed E-state index contributed by atoms with van der Waals surface area (Å²) in [5.74, 6) is 0.149. The molecule has 0 bridgehead atoms. The molecule has 0 atom stereocenters. The number of aromatic nitrogens is 5. The van der Waals surface area contributed by atoms with Gasteiger partial charge in [-0.1, -0.05) is 12.1 Å². The largest absolute Gasteiger partial charge is 0.382 e. The average molecular weight is 220 g/mol. The number of rotatable bonds is 2. The van der Waals surface area contributed by atoms with E-state index in [2.05, 4.69) is 15.3 Å². The van der Waals surface area contributed by atoms with E-state index in [1.807, 2.05) is 6.92 Å². The average Bonchev–Trinajstić information content (AvgIpc) is 2.71. The van der Waals surface area contributed by atoms with Gasteiger partial charge in [0, 0.05) is 13.2 Å². The maximum absolute atomic E-state index is 11.2. The number of nitrogens with zero attached hydrogens (tertiary/aromatic N) is 5. The molecule has 0 fully saturated rings. The van der Waals surface area contributed by atoms with E-state index in [1.165, 1.54) is 9.25 Å². The topological polar surface area (TPSA) is 91.6 Å². The van der Waals surface area contributed by atoms with Gasteiger partial charge in [0.1, 0.15) is 5.69 Å². The van der Waals surface area contributed by atoms with E-state index in [1.54, 1.807) is 19.4 Å². The van der Waals surface area contributed by atoms with Gasteiger partial charge in [-0.3, -0.25) is 4.57 Å². The molecule has 0 radical (unpaired) electrons. The molecule has 0 aliphatic carbocycles. The summed E-state index contributed by atoms with van der Waals surface area (Å²) in [6.07, 6.45) is 4.13. The van der Waals surface area contributed by atoms with Crippen molar-refractivity contribution in [1.82, 2.24) is 24.5 Å². The van der Waals surface area contributed by atoms with Gasteiger partial charge >= 0.3 is 5.69 Å². The van der Waals surface area contributed by atoms with Crippen LogP contribution in [-0.4, -0.2) is 24.5 Å². The molecule has 0 aromatic carbocycles. The van der Waals surface area contributed by atoms with Crippen LogP contribution in [0.3, 0.4) is 0 Å². The monoisotopic (exact) mass is 220 g/mol. The summed E-state index contributed by atoms with van der Waals surface area (Å²) in [6.45, 7) is 1.98. The third-order valence-electron chi connectivity index (χ3n) is 2.25. The van der Waals surface area contributed by atoms with Crippen LogP contribution >= 0.6 is 0 Å². The van der Waals surface area contributed by atoms with Crippen molar-refractivity contribution in [2.75, 3.05) is 5.73 Å². The number of hydrogen-bond donors (Lipinski definition) is 1. The van der Waals surface area contributed by atoms with Crippen molar-refractivity contribution >= 4 is 5.82 Å². The maximum Gasteiger partial charge on any atom is 0.349 e. The number of anilines is 1. The Labute approximate surface area is 91.5 Å². The zero-order valence-electron chi connectivity index (χ0n) is 9.08. The molecule has 0 unspecified atom stereocenters. The molecule has 2 aromatic heterocycles. The quantitative estimate of drug-likeness (QED) is 0.737. The van der Waals surface area contributed by atoms with E-state index in [-0.39, 0.29) is 5.82 Å². The highest BCUT2D eigenvalue weighted by Gasteiger charge is 2.08. The van der Waals surface area contributed by atoms with Crippen LogP contribution in [0.1, 0.15) is 12.6 Å². The first-order valence-electron chi connectivity index (χ1n) is 4.86. The molecule has 2 rings (SSSR count). The summed E-state index contributed by atoms with van der Waals surface area (Å²) in [7, 11) is 1.61. The smallest absolute Gasteiger partial charge is 0.349 e. The number of nitrogen functional groups attached to an aromatic ring is 1. The molecule has 16 heavy (non-hydrogen) atoms. The van der Waals surface area contributed by atoms with Gasteiger partial charge in [-0.05, 0) is 6.42 Å². The van der Waals surface area contributed by atoms with Gasteiger partial charge in [0.05, 0.1) is 11.9 Å². The Bertz CT molecular complexity index is 570. The van der Waals surface area contributed by atoms with Crippen LogP contribution in [0.2, 0.25) is 0 Å². The standard InChI is InChI=1S/C9H12N6O/c1-3-6-4-15(13-12-6)7-5-14(2)9(16)11-8(7)10/h4-5H,3H2,1-2H3,(H2,10,11,16). The van der Waals surface area contributed by atoms with Crippen LogP contribution in [0, 0.1) is 0 Å². The van der Waals surface area contributed by atoms with Crippen LogP contribution < -0.4 is 11.4 Å². The van der Waals surface area contributed by atoms with E-state index < -0.39 is 5.69 Å². The minimum absolute atomic E-state index is 0.149. The van der Waals surface area contributed by atoms with Gasteiger partial charge in [-0.15, -0.1) is 5.10 Å². The molecule has 7 heteroatoms. The second kappa shape index (κ2) is 3.76. The van der Waals surface area contributed by atoms with Crippen LogP contribution in [0.15, 0.2) is 17.2 Å². The summed E-state index contributed by atoms with van der Waals surface area (Å²) in [4.78, 5) is 14.9. The normalized spacial score (nSPS) is 10.6. The fraction of sp³-hybridized carbons (Fsp3) is 0.333. The van der Waals surface area contributed by atoms with Crippen molar-refractivity contribution < 1.29 is 0 Å². The zero-order chi connectivity index (χ0) is 11.7. The van der Waals surface area contributed by atoms with Crippen LogP contribution in [0.25, 0.3) is 5.69 Å². The second-order valence-corrected chi connectivity index (χ2v) is 3.41. The molecule has 0 saturated carbocycles. The molecule has 2 N–H and O–H groups in total. The van der Waals surface area contributed by atoms with Gasteiger partial charge < -0.3 is 5.73 Å². The predicted molar refractivity (Wildman–Crippen MR) is 58.2 cm³/mol. The van der Waals surface area contributed by atoms with E-state index >= 15 is 0 Å². The molecular formula is C9H12N6O. The fourth-order valence-corrected chi connectivity index (χ4v) is 1.30. The number of nitrogens with two attached hydrogens (primary N) is 1. The predicted octanol–water partition coefficient (Wildman–Crippen LogP) is -0.494. The van der Waals surface area contributed by atoms with E-state index in [0.717, 1.165) is 12.1 Å². The highest BCUT2D eigenvalue weighted by molar-refractivity contribution is 5.49. The Balaban J connectivity index is 2.55. The van der Waals surface area contributed by atoms with Crippen molar-refractivity contribution in [3.63, 3.8) is 0 Å². The van der Waals surface area contributed by atoms with Gasteiger partial charge in [0.15, 0.2) is 5.82 Å². The first-order valence-corrected chi connectivity index (χ1v) is 4.86. The van der Waals surface area contributed by atoms with Gasteiger partial charge in [0.2, 0.25) is 0 Å². The van der Waals surface area contributed by atoms with Gasteiger partial charge in [-0.2, -0.15) is 4.98 Å². The van der Waals surface area contributed by atoms with E-state index in [4.69, 9.17) is 5.73 Å². The van der Waals surface area contributed by atoms with Crippen molar-refractivity contribution in [1.29, 1.82) is 0 Å². The van der Waals surface area contributed by atoms with E-state index in [0.29, 0.717) is 5.69 Å². The first kappa shape index (κ1) is 10.3. The molecule has 2 aromatic rings. The van der Waals surface area contributed by atoms with Crippen molar-refractivity contribution in [3.8, 4) is 5.69 Å². The maximum atomic E-state index is 11.2. The van der Waals surface area contributed by atoms with Crippen molar-refractivity contribution in [3.05, 3.63) is 28.6 Å². The minimum Gasteiger partial charge on any atom is -0.382 e.